The number of nitriles is 1. The van der Waals surface area contributed by atoms with Crippen molar-refractivity contribution in [1.82, 2.24) is 9.97 Å². The van der Waals surface area contributed by atoms with Crippen molar-refractivity contribution in [2.75, 3.05) is 12.5 Å². The second-order valence-electron chi connectivity index (χ2n) is 6.14. The fourth-order valence-electron chi connectivity index (χ4n) is 2.84. The SMILES string of the molecule is CSc1cc2c(cn1)CC(=O)C(C#N)=C2O.CSc1cc2c(cn1)CC(=O)OC2=O. The summed E-state index contributed by atoms with van der Waals surface area (Å²) in [5.41, 5.74) is 2.13. The van der Waals surface area contributed by atoms with Crippen molar-refractivity contribution in [2.24, 2.45) is 0 Å². The van der Waals surface area contributed by atoms with E-state index < -0.39 is 11.9 Å². The number of thioether (sulfide) groups is 2. The first-order valence-corrected chi connectivity index (χ1v) is 11.0. The predicted octanol–water partition coefficient (Wildman–Crippen LogP) is 2.76. The second kappa shape index (κ2) is 9.11. The van der Waals surface area contributed by atoms with Gasteiger partial charge in [-0.2, -0.15) is 5.26 Å². The Morgan fingerprint density at radius 2 is 1.57 bits per heavy atom. The number of rotatable bonds is 2. The van der Waals surface area contributed by atoms with Crippen LogP contribution in [0.1, 0.15) is 27.0 Å². The molecule has 0 atom stereocenters. The number of aliphatic hydroxyl groups is 1. The van der Waals surface area contributed by atoms with Gasteiger partial charge in [0.15, 0.2) is 5.78 Å². The van der Waals surface area contributed by atoms with Crippen LogP contribution in [0.25, 0.3) is 5.76 Å². The lowest BCUT2D eigenvalue weighted by molar-refractivity contribution is -0.137. The molecular formula is C20H15N3O5S2. The number of ketones is 1. The van der Waals surface area contributed by atoms with Crippen molar-refractivity contribution in [3.8, 4) is 6.07 Å². The summed E-state index contributed by atoms with van der Waals surface area (Å²) in [5.74, 6) is -1.67. The molecule has 1 N–H and O–H groups in total. The summed E-state index contributed by atoms with van der Waals surface area (Å²) in [5, 5.41) is 20.1. The number of aromatic nitrogens is 2. The minimum Gasteiger partial charge on any atom is -0.506 e. The standard InChI is InChI=1S/C11H8N2O2S.C9H7NO3S/c1-16-10-3-7-6(5-13-10)2-9(14)8(4-12)11(7)15;1-14-7-3-6-5(4-10-7)2-8(11)13-9(6)12/h3,5,15H,2H2,1H3;3-4H,2H2,1H3. The molecule has 0 aromatic carbocycles. The van der Waals surface area contributed by atoms with Crippen LogP contribution >= 0.6 is 23.5 Å². The number of pyridine rings is 2. The van der Waals surface area contributed by atoms with Gasteiger partial charge >= 0.3 is 11.9 Å². The molecule has 0 saturated carbocycles. The topological polar surface area (TPSA) is 130 Å². The second-order valence-corrected chi connectivity index (χ2v) is 7.79. The zero-order valence-electron chi connectivity index (χ0n) is 16.0. The zero-order valence-corrected chi connectivity index (χ0v) is 17.6. The van der Waals surface area contributed by atoms with Crippen molar-refractivity contribution in [3.63, 3.8) is 0 Å². The molecule has 0 saturated heterocycles. The molecule has 0 radical (unpaired) electrons. The normalized spacial score (nSPS) is 14.8. The lowest BCUT2D eigenvalue weighted by Crippen LogP contribution is -2.23. The van der Waals surface area contributed by atoms with E-state index in [0.29, 0.717) is 22.3 Å². The van der Waals surface area contributed by atoms with Crippen LogP contribution in [-0.4, -0.2) is 45.3 Å². The molecule has 2 aromatic heterocycles. The summed E-state index contributed by atoms with van der Waals surface area (Å²) < 4.78 is 4.50. The van der Waals surface area contributed by atoms with E-state index in [-0.39, 0.29) is 30.0 Å². The molecule has 10 heteroatoms. The number of hydrogen-bond donors (Lipinski definition) is 1. The van der Waals surface area contributed by atoms with Gasteiger partial charge in [0.05, 0.1) is 22.0 Å². The quantitative estimate of drug-likeness (QED) is 0.422. The van der Waals surface area contributed by atoms with Crippen molar-refractivity contribution >= 4 is 47.0 Å². The Bertz CT molecular complexity index is 1140. The summed E-state index contributed by atoms with van der Waals surface area (Å²) >= 11 is 2.88. The van der Waals surface area contributed by atoms with Crippen LogP contribution in [0, 0.1) is 11.3 Å². The van der Waals surface area contributed by atoms with Gasteiger partial charge in [-0.1, -0.05) is 0 Å². The van der Waals surface area contributed by atoms with Crippen molar-refractivity contribution in [3.05, 3.63) is 52.4 Å². The monoisotopic (exact) mass is 441 g/mol. The van der Waals surface area contributed by atoms with E-state index in [2.05, 4.69) is 14.7 Å². The molecule has 1 aliphatic heterocycles. The van der Waals surface area contributed by atoms with E-state index in [1.807, 2.05) is 12.5 Å². The smallest absolute Gasteiger partial charge is 0.346 e. The number of allylic oxidation sites excluding steroid dienone is 1. The number of ether oxygens (including phenoxy) is 1. The Balaban J connectivity index is 0.000000172. The minimum absolute atomic E-state index is 0.128. The molecule has 2 aromatic rings. The molecule has 8 nitrogen and oxygen atoms in total. The van der Waals surface area contributed by atoms with E-state index in [4.69, 9.17) is 5.26 Å². The zero-order chi connectivity index (χ0) is 21.8. The van der Waals surface area contributed by atoms with Crippen LogP contribution in [0.15, 0.2) is 40.2 Å². The molecule has 0 bridgehead atoms. The van der Waals surface area contributed by atoms with Crippen LogP contribution in [-0.2, 0) is 27.2 Å². The van der Waals surface area contributed by atoms with Crippen LogP contribution in [0.4, 0.5) is 0 Å². The Morgan fingerprint density at radius 1 is 1.00 bits per heavy atom. The first kappa shape index (κ1) is 21.5. The highest BCUT2D eigenvalue weighted by Crippen LogP contribution is 2.29. The third-order valence-electron chi connectivity index (χ3n) is 4.34. The largest absolute Gasteiger partial charge is 0.506 e. The molecule has 0 spiro atoms. The average molecular weight is 441 g/mol. The van der Waals surface area contributed by atoms with Crippen LogP contribution in [0.3, 0.4) is 0 Å². The van der Waals surface area contributed by atoms with Gasteiger partial charge < -0.3 is 9.84 Å². The summed E-state index contributed by atoms with van der Waals surface area (Å²) in [6.45, 7) is 0. The number of hydrogen-bond acceptors (Lipinski definition) is 10. The number of carbonyl (C=O) groups is 3. The lowest BCUT2D eigenvalue weighted by Gasteiger charge is -2.15. The number of cyclic esters (lactones) is 2. The van der Waals surface area contributed by atoms with E-state index in [1.165, 1.54) is 23.5 Å². The molecule has 30 heavy (non-hydrogen) atoms. The highest BCUT2D eigenvalue weighted by atomic mass is 32.2. The third-order valence-corrected chi connectivity index (χ3v) is 5.62. The Labute approximate surface area is 180 Å². The number of nitrogens with zero attached hydrogens (tertiary/aromatic N) is 3. The van der Waals surface area contributed by atoms with Gasteiger partial charge in [-0.3, -0.25) is 9.59 Å². The van der Waals surface area contributed by atoms with Gasteiger partial charge in [0.2, 0.25) is 0 Å². The fourth-order valence-corrected chi connectivity index (χ4v) is 3.63. The lowest BCUT2D eigenvalue weighted by atomic mass is 9.92. The molecule has 152 valence electrons. The maximum absolute atomic E-state index is 11.5. The van der Waals surface area contributed by atoms with Gasteiger partial charge in [0, 0.05) is 24.4 Å². The van der Waals surface area contributed by atoms with E-state index in [9.17, 15) is 19.5 Å². The number of fused-ring (bicyclic) bond motifs is 2. The van der Waals surface area contributed by atoms with Crippen LogP contribution < -0.4 is 0 Å². The highest BCUT2D eigenvalue weighted by Gasteiger charge is 2.26. The van der Waals surface area contributed by atoms with E-state index in [1.54, 1.807) is 30.6 Å². The van der Waals surface area contributed by atoms with E-state index >= 15 is 0 Å². The summed E-state index contributed by atoms with van der Waals surface area (Å²) in [6, 6.07) is 5.08. The van der Waals surface area contributed by atoms with Gasteiger partial charge in [0.25, 0.3) is 0 Å². The summed E-state index contributed by atoms with van der Waals surface area (Å²) in [6.07, 6.45) is 7.12. The Kier molecular flexibility index (Phi) is 6.54. The molecule has 0 unspecified atom stereocenters. The van der Waals surface area contributed by atoms with Crippen molar-refractivity contribution < 1.29 is 24.2 Å². The summed E-state index contributed by atoms with van der Waals surface area (Å²) in [4.78, 5) is 41.9. The molecule has 3 heterocycles. The molecular weight excluding hydrogens is 426 g/mol. The average Bonchev–Trinajstić information content (AvgIpc) is 2.74. The maximum atomic E-state index is 11.5. The first-order valence-electron chi connectivity index (χ1n) is 8.55. The molecule has 0 fully saturated rings. The van der Waals surface area contributed by atoms with Crippen molar-refractivity contribution in [2.45, 2.75) is 22.9 Å². The molecule has 2 aliphatic rings. The van der Waals surface area contributed by atoms with Crippen LogP contribution in [0.2, 0.25) is 0 Å². The molecule has 4 rings (SSSR count). The highest BCUT2D eigenvalue weighted by molar-refractivity contribution is 7.98. The number of aliphatic hydroxyl groups excluding tert-OH is 1. The Morgan fingerprint density at radius 3 is 2.13 bits per heavy atom. The molecule has 0 amide bonds. The van der Waals surface area contributed by atoms with Gasteiger partial charge in [0.1, 0.15) is 17.4 Å². The predicted molar refractivity (Wildman–Crippen MR) is 110 cm³/mol. The van der Waals surface area contributed by atoms with E-state index in [0.717, 1.165) is 10.1 Å². The van der Waals surface area contributed by atoms with Crippen molar-refractivity contribution in [1.29, 1.82) is 5.26 Å². The minimum atomic E-state index is -0.575. The van der Waals surface area contributed by atoms with Gasteiger partial charge in [-0.15, -0.1) is 23.5 Å². The number of Topliss-reactive ketones (excluding diaryl/α,β-unsaturated/α-hetero) is 1. The van der Waals surface area contributed by atoms with Crippen LogP contribution in [0.5, 0.6) is 0 Å². The summed E-state index contributed by atoms with van der Waals surface area (Å²) in [7, 11) is 0. The maximum Gasteiger partial charge on any atom is 0.346 e. The molecule has 1 aliphatic carbocycles. The third kappa shape index (κ3) is 4.37. The fraction of sp³-hybridized carbons (Fsp3) is 0.200. The van der Waals surface area contributed by atoms with Gasteiger partial charge in [-0.05, 0) is 35.8 Å². The Hall–Kier alpha value is -3.16. The first-order chi connectivity index (χ1) is 14.4. The number of esters is 2. The number of carbonyl (C=O) groups excluding carboxylic acids is 3. The van der Waals surface area contributed by atoms with Gasteiger partial charge in [-0.25, -0.2) is 14.8 Å².